The molecule has 0 heterocycles. The topological polar surface area (TPSA) is 24.9 Å². The Labute approximate surface area is 277 Å². The van der Waals surface area contributed by atoms with Crippen molar-refractivity contribution in [2.24, 2.45) is 0 Å². The molecule has 228 valence electrons. The van der Waals surface area contributed by atoms with Crippen molar-refractivity contribution in [3.05, 3.63) is 131 Å². The molecule has 0 aromatic heterocycles. The van der Waals surface area contributed by atoms with Crippen molar-refractivity contribution in [1.29, 1.82) is 0 Å². The standard InChI is InChI=1S/C20H21NOS.C19H17NOS/c1-13-4-3-5-16(10-13)21(2)20(23)22-17-8-9-18-14-6-7-15(11-14)19(18)12-17;1-14-6-5-9-17(12-14)20(2)19(22)21-18-11-10-15-7-3-4-8-16(15)13-18/h3-5,8-10,12,14-15H,6-7,11H2,1-2H3;3-13H,1-2H3. The lowest BCUT2D eigenvalue weighted by molar-refractivity contribution is 0.549. The Hall–Kier alpha value is -4.26. The number of aryl methyl sites for hydroxylation is 2. The fourth-order valence-electron chi connectivity index (χ4n) is 6.34. The number of fused-ring (bicyclic) bond motifs is 6. The molecule has 5 aromatic carbocycles. The first-order valence-electron chi connectivity index (χ1n) is 15.4. The second-order valence-corrected chi connectivity index (χ2v) is 12.7. The highest BCUT2D eigenvalue weighted by molar-refractivity contribution is 7.80. The summed E-state index contributed by atoms with van der Waals surface area (Å²) in [6.45, 7) is 4.14. The highest BCUT2D eigenvalue weighted by atomic mass is 32.1. The third-order valence-electron chi connectivity index (χ3n) is 8.83. The summed E-state index contributed by atoms with van der Waals surface area (Å²) in [6.07, 6.45) is 4.01. The minimum absolute atomic E-state index is 0.431. The Morgan fingerprint density at radius 3 is 1.71 bits per heavy atom. The zero-order valence-corrected chi connectivity index (χ0v) is 27.8. The molecule has 2 aliphatic carbocycles. The van der Waals surface area contributed by atoms with E-state index in [9.17, 15) is 0 Å². The zero-order chi connectivity index (χ0) is 31.5. The maximum absolute atomic E-state index is 5.96. The molecule has 6 heteroatoms. The lowest BCUT2D eigenvalue weighted by Gasteiger charge is -2.21. The molecule has 2 aliphatic rings. The number of anilines is 2. The van der Waals surface area contributed by atoms with Gasteiger partial charge in [0, 0.05) is 25.5 Å². The molecular formula is C39H38N2O2S2. The van der Waals surface area contributed by atoms with Crippen LogP contribution in [-0.2, 0) is 0 Å². The number of ether oxygens (including phenoxy) is 2. The van der Waals surface area contributed by atoms with Gasteiger partial charge in [-0.3, -0.25) is 0 Å². The lowest BCUT2D eigenvalue weighted by atomic mass is 9.92. The van der Waals surface area contributed by atoms with Crippen molar-refractivity contribution in [3.8, 4) is 11.5 Å². The molecule has 4 nitrogen and oxygen atoms in total. The average Bonchev–Trinajstić information content (AvgIpc) is 3.67. The zero-order valence-electron chi connectivity index (χ0n) is 26.2. The number of rotatable bonds is 4. The van der Waals surface area contributed by atoms with Crippen LogP contribution in [0, 0.1) is 13.8 Å². The van der Waals surface area contributed by atoms with Gasteiger partial charge >= 0.3 is 0 Å². The van der Waals surface area contributed by atoms with E-state index in [1.165, 1.54) is 46.9 Å². The normalized spacial score (nSPS) is 15.9. The quantitative estimate of drug-likeness (QED) is 0.183. The van der Waals surface area contributed by atoms with Crippen molar-refractivity contribution in [1.82, 2.24) is 0 Å². The molecular weight excluding hydrogens is 593 g/mol. The average molecular weight is 631 g/mol. The highest BCUT2D eigenvalue weighted by Gasteiger charge is 2.36. The summed E-state index contributed by atoms with van der Waals surface area (Å²) < 4.78 is 11.8. The van der Waals surface area contributed by atoms with E-state index in [2.05, 4.69) is 68.4 Å². The van der Waals surface area contributed by atoms with E-state index in [0.29, 0.717) is 10.3 Å². The summed E-state index contributed by atoms with van der Waals surface area (Å²) in [5, 5.41) is 3.24. The van der Waals surface area contributed by atoms with Gasteiger partial charge in [-0.2, -0.15) is 0 Å². The van der Waals surface area contributed by atoms with E-state index in [1.54, 1.807) is 0 Å². The Balaban J connectivity index is 0.000000159. The van der Waals surface area contributed by atoms with Crippen LogP contribution < -0.4 is 19.3 Å². The minimum Gasteiger partial charge on any atom is -0.432 e. The molecule has 0 saturated heterocycles. The summed E-state index contributed by atoms with van der Waals surface area (Å²) in [7, 11) is 3.87. The molecule has 7 rings (SSSR count). The molecule has 0 aliphatic heterocycles. The predicted molar refractivity (Wildman–Crippen MR) is 195 cm³/mol. The Kier molecular flexibility index (Phi) is 9.15. The fraction of sp³-hybridized carbons (Fsp3) is 0.231. The van der Waals surface area contributed by atoms with Crippen LogP contribution in [0.5, 0.6) is 11.5 Å². The molecule has 1 saturated carbocycles. The van der Waals surface area contributed by atoms with E-state index >= 15 is 0 Å². The Bertz CT molecular complexity index is 1870. The van der Waals surface area contributed by atoms with Gasteiger partial charge in [0.15, 0.2) is 0 Å². The lowest BCUT2D eigenvalue weighted by Crippen LogP contribution is -2.29. The number of hydrogen-bond donors (Lipinski definition) is 0. The first-order valence-corrected chi connectivity index (χ1v) is 16.2. The molecule has 0 radical (unpaired) electrons. The molecule has 1 fully saturated rings. The van der Waals surface area contributed by atoms with Gasteiger partial charge < -0.3 is 19.3 Å². The summed E-state index contributed by atoms with van der Waals surface area (Å²) in [5.74, 6) is 3.14. The Morgan fingerprint density at radius 2 is 1.11 bits per heavy atom. The molecule has 5 aromatic rings. The molecule has 2 unspecified atom stereocenters. The van der Waals surface area contributed by atoms with E-state index in [4.69, 9.17) is 33.9 Å². The smallest absolute Gasteiger partial charge is 0.269 e. The second-order valence-electron chi connectivity index (χ2n) is 12.0. The van der Waals surface area contributed by atoms with Gasteiger partial charge in [-0.15, -0.1) is 0 Å². The van der Waals surface area contributed by atoms with Crippen LogP contribution in [0.25, 0.3) is 10.8 Å². The van der Waals surface area contributed by atoms with Gasteiger partial charge in [0.2, 0.25) is 0 Å². The number of hydrogen-bond acceptors (Lipinski definition) is 4. The molecule has 2 bridgehead atoms. The monoisotopic (exact) mass is 630 g/mol. The largest absolute Gasteiger partial charge is 0.432 e. The van der Waals surface area contributed by atoms with Gasteiger partial charge in [0.25, 0.3) is 10.3 Å². The molecule has 0 N–H and O–H groups in total. The maximum atomic E-state index is 5.96. The first-order chi connectivity index (χ1) is 21.7. The minimum atomic E-state index is 0.431. The molecule has 0 spiro atoms. The fourth-order valence-corrected chi connectivity index (χ4v) is 6.74. The van der Waals surface area contributed by atoms with Gasteiger partial charge in [-0.1, -0.05) is 60.7 Å². The highest BCUT2D eigenvalue weighted by Crippen LogP contribution is 2.53. The van der Waals surface area contributed by atoms with Crippen molar-refractivity contribution in [3.63, 3.8) is 0 Å². The van der Waals surface area contributed by atoms with Crippen molar-refractivity contribution in [2.75, 3.05) is 23.9 Å². The SMILES string of the molecule is Cc1cccc(N(C)C(=S)Oc2ccc3c(c2)C2CCC3C2)c1.Cc1cccc(N(C)C(=S)Oc2ccc3ccccc3c2)c1. The predicted octanol–water partition coefficient (Wildman–Crippen LogP) is 10.1. The summed E-state index contributed by atoms with van der Waals surface area (Å²) in [4.78, 5) is 3.79. The number of nitrogens with zero attached hydrogens (tertiary/aromatic N) is 2. The van der Waals surface area contributed by atoms with Crippen molar-refractivity contribution >= 4 is 56.9 Å². The Morgan fingerprint density at radius 1 is 0.578 bits per heavy atom. The van der Waals surface area contributed by atoms with Gasteiger partial charge in [0.1, 0.15) is 11.5 Å². The van der Waals surface area contributed by atoms with Crippen LogP contribution in [0.1, 0.15) is 53.4 Å². The third-order valence-corrected chi connectivity index (χ3v) is 9.54. The molecule has 2 atom stereocenters. The summed E-state index contributed by atoms with van der Waals surface area (Å²) in [6, 6.07) is 37.1. The van der Waals surface area contributed by atoms with Crippen LogP contribution in [0.3, 0.4) is 0 Å². The van der Waals surface area contributed by atoms with Crippen molar-refractivity contribution in [2.45, 2.75) is 44.9 Å². The first kappa shape index (κ1) is 30.8. The van der Waals surface area contributed by atoms with Crippen LogP contribution in [0.15, 0.2) is 109 Å². The number of benzene rings is 5. The number of thiocarbonyl (C=S) groups is 2. The summed E-state index contributed by atoms with van der Waals surface area (Å²) in [5.41, 5.74) is 7.50. The van der Waals surface area contributed by atoms with Crippen LogP contribution >= 0.6 is 24.4 Å². The second kappa shape index (κ2) is 13.4. The van der Waals surface area contributed by atoms with Gasteiger partial charge in [-0.25, -0.2) is 0 Å². The van der Waals surface area contributed by atoms with E-state index < -0.39 is 0 Å². The van der Waals surface area contributed by atoms with Crippen LogP contribution in [-0.4, -0.2) is 24.4 Å². The van der Waals surface area contributed by atoms with Crippen LogP contribution in [0.4, 0.5) is 11.4 Å². The molecule has 0 amide bonds. The van der Waals surface area contributed by atoms with Crippen LogP contribution in [0.2, 0.25) is 0 Å². The van der Waals surface area contributed by atoms with Gasteiger partial charge in [0.05, 0.1) is 0 Å². The van der Waals surface area contributed by atoms with Crippen molar-refractivity contribution < 1.29 is 9.47 Å². The van der Waals surface area contributed by atoms with E-state index in [1.807, 2.05) is 78.5 Å². The van der Waals surface area contributed by atoms with Gasteiger partial charge in [-0.05, 0) is 151 Å². The van der Waals surface area contributed by atoms with E-state index in [0.717, 1.165) is 40.1 Å². The summed E-state index contributed by atoms with van der Waals surface area (Å²) >= 11 is 10.9. The molecule has 45 heavy (non-hydrogen) atoms. The maximum Gasteiger partial charge on any atom is 0.269 e. The third kappa shape index (κ3) is 7.03. The van der Waals surface area contributed by atoms with E-state index in [-0.39, 0.29) is 0 Å².